The number of nitrogens with one attached hydrogen (secondary N) is 3. The maximum atomic E-state index is 15.6. The van der Waals surface area contributed by atoms with Crippen LogP contribution in [0.3, 0.4) is 0 Å². The highest BCUT2D eigenvalue weighted by Gasteiger charge is 2.45. The summed E-state index contributed by atoms with van der Waals surface area (Å²) in [6, 6.07) is 8.79. The monoisotopic (exact) mass is 843 g/mol. The van der Waals surface area contributed by atoms with Gasteiger partial charge in [-0.25, -0.2) is 22.2 Å². The molecule has 2 fully saturated rings. The van der Waals surface area contributed by atoms with Crippen LogP contribution in [-0.4, -0.2) is 94.0 Å². The molecule has 2 bridgehead atoms. The molecular formula is C43H45F4N9O5. The standard InChI is InChI=1S/C43H45F4N9O5/c1-23-5-4-14-61-41-29(20-48-54(41)3)33-18-27(15-24(2)49-33)39(59)53-42-50-32-8-6-26(19-34(32)56(42)21-23)38(58)51-35-11-13-55(22-43(35,46)47)12-10-25-16-30(44)37(31(45)17-25)28-7-9-36(57)52-40(28)60/h6,8,15-20,23,28,35H,4-5,7,9-14,21-22H2,1-3H3,(H,51,58)(H,50,53,59)(H,52,57,60)/t23-,28-,35+/m1/s1. The molecule has 6 heterocycles. The van der Waals surface area contributed by atoms with Crippen LogP contribution in [0, 0.1) is 24.5 Å². The molecule has 0 spiro atoms. The lowest BCUT2D eigenvalue weighted by Crippen LogP contribution is -2.58. The highest BCUT2D eigenvalue weighted by atomic mass is 19.3. The van der Waals surface area contributed by atoms with E-state index in [9.17, 15) is 19.2 Å². The largest absolute Gasteiger partial charge is 0.477 e. The molecule has 2 saturated heterocycles. The van der Waals surface area contributed by atoms with E-state index in [2.05, 4.69) is 37.9 Å². The zero-order valence-electron chi connectivity index (χ0n) is 33.9. The predicted molar refractivity (Wildman–Crippen MR) is 217 cm³/mol. The van der Waals surface area contributed by atoms with Crippen molar-refractivity contribution in [1.82, 2.24) is 30.3 Å². The number of aryl methyl sites for hydroxylation is 2. The zero-order chi connectivity index (χ0) is 43.2. The SMILES string of the molecule is Cc1cc2cc(n1)-c1cnn(C)c1OCCC[C@@H](C)CN1/C(=N/C2=O)Nc2ccc(C(=O)N[C@H]3CCN(CCc4cc(F)c([C@H]5CCC(=O)NC5=O)c(F)c4)CC3(F)F)cc21. The second-order valence-corrected chi connectivity index (χ2v) is 16.3. The summed E-state index contributed by atoms with van der Waals surface area (Å²) >= 11 is 0. The number of carbonyl (C=O) groups is 4. The number of guanidine groups is 1. The van der Waals surface area contributed by atoms with E-state index in [0.717, 1.165) is 18.6 Å². The number of amides is 4. The van der Waals surface area contributed by atoms with Gasteiger partial charge in [-0.05, 0) is 93.0 Å². The Balaban J connectivity index is 0.942. The van der Waals surface area contributed by atoms with Gasteiger partial charge in [-0.15, -0.1) is 0 Å². The molecule has 0 aliphatic carbocycles. The summed E-state index contributed by atoms with van der Waals surface area (Å²) in [6.45, 7) is 4.27. The van der Waals surface area contributed by atoms with Crippen molar-refractivity contribution >= 4 is 41.0 Å². The Morgan fingerprint density at radius 2 is 1.82 bits per heavy atom. The number of hydrogen-bond donors (Lipinski definition) is 3. The number of likely N-dealkylation sites (tertiary alicyclic amines) is 1. The van der Waals surface area contributed by atoms with Crippen LogP contribution in [0.5, 0.6) is 5.88 Å². The van der Waals surface area contributed by atoms with Crippen LogP contribution in [0.2, 0.25) is 0 Å². The van der Waals surface area contributed by atoms with Gasteiger partial charge in [0.25, 0.3) is 17.7 Å². The molecule has 0 radical (unpaired) electrons. The molecule has 18 heteroatoms. The quantitative estimate of drug-likeness (QED) is 0.167. The summed E-state index contributed by atoms with van der Waals surface area (Å²) in [7, 11) is 1.78. The number of rotatable bonds is 6. The molecule has 3 atom stereocenters. The van der Waals surface area contributed by atoms with Crippen LogP contribution in [0.1, 0.15) is 82.5 Å². The Morgan fingerprint density at radius 3 is 2.57 bits per heavy atom. The second kappa shape index (κ2) is 16.7. The third-order valence-electron chi connectivity index (χ3n) is 11.6. The van der Waals surface area contributed by atoms with Gasteiger partial charge in [-0.1, -0.05) is 6.92 Å². The van der Waals surface area contributed by atoms with Crippen molar-refractivity contribution < 1.29 is 41.5 Å². The number of benzene rings is 2. The van der Waals surface area contributed by atoms with E-state index in [0.29, 0.717) is 59.3 Å². The second-order valence-electron chi connectivity index (χ2n) is 16.3. The molecule has 4 aliphatic heterocycles. The number of aliphatic imine (C=N–C) groups is 1. The fourth-order valence-electron chi connectivity index (χ4n) is 8.44. The molecule has 4 aliphatic rings. The maximum absolute atomic E-state index is 15.6. The fraction of sp³-hybridized carbons (Fsp3) is 0.419. The normalized spacial score (nSPS) is 22.6. The van der Waals surface area contributed by atoms with Crippen LogP contribution in [0.4, 0.5) is 28.9 Å². The van der Waals surface area contributed by atoms with E-state index in [4.69, 9.17) is 4.74 Å². The Labute approximate surface area is 348 Å². The molecule has 4 aromatic rings. The first-order valence-corrected chi connectivity index (χ1v) is 20.3. The predicted octanol–water partition coefficient (Wildman–Crippen LogP) is 5.51. The smallest absolute Gasteiger partial charge is 0.280 e. The first kappa shape index (κ1) is 41.6. The van der Waals surface area contributed by atoms with Crippen LogP contribution in [0.15, 0.2) is 53.7 Å². The zero-order valence-corrected chi connectivity index (χ0v) is 33.9. The van der Waals surface area contributed by atoms with Crippen LogP contribution in [-0.2, 0) is 23.1 Å². The van der Waals surface area contributed by atoms with Gasteiger partial charge in [0.05, 0.1) is 53.9 Å². The van der Waals surface area contributed by atoms with Gasteiger partial charge in [-0.2, -0.15) is 10.1 Å². The summed E-state index contributed by atoms with van der Waals surface area (Å²) in [5.41, 5.74) is 3.21. The summed E-state index contributed by atoms with van der Waals surface area (Å²) < 4.78 is 69.2. The summed E-state index contributed by atoms with van der Waals surface area (Å²) in [5, 5.41) is 12.2. The molecule has 0 saturated carbocycles. The van der Waals surface area contributed by atoms with Gasteiger partial charge in [0, 0.05) is 55.5 Å². The number of fused-ring (bicyclic) bond motifs is 7. The number of alkyl halides is 2. The number of ether oxygens (including phenoxy) is 1. The van der Waals surface area contributed by atoms with Crippen molar-refractivity contribution in [2.24, 2.45) is 18.0 Å². The van der Waals surface area contributed by atoms with Crippen molar-refractivity contribution in [2.45, 2.75) is 70.3 Å². The molecule has 4 amide bonds. The van der Waals surface area contributed by atoms with Crippen LogP contribution >= 0.6 is 0 Å². The third kappa shape index (κ3) is 8.71. The number of anilines is 2. The maximum Gasteiger partial charge on any atom is 0.280 e. The lowest BCUT2D eigenvalue weighted by molar-refractivity contribution is -0.134. The topological polar surface area (TPSA) is 163 Å². The van der Waals surface area contributed by atoms with Crippen molar-refractivity contribution in [1.29, 1.82) is 0 Å². The number of nitrogens with zero attached hydrogens (tertiary/aromatic N) is 6. The lowest BCUT2D eigenvalue weighted by atomic mass is 9.89. The highest BCUT2D eigenvalue weighted by molar-refractivity contribution is 6.19. The number of halogens is 4. The van der Waals surface area contributed by atoms with Crippen molar-refractivity contribution in [3.8, 4) is 17.1 Å². The molecule has 61 heavy (non-hydrogen) atoms. The summed E-state index contributed by atoms with van der Waals surface area (Å²) in [6.07, 6.45) is 3.05. The average molecular weight is 844 g/mol. The van der Waals surface area contributed by atoms with Gasteiger partial charge in [0.2, 0.25) is 23.7 Å². The number of carbonyl (C=O) groups excluding carboxylic acids is 4. The van der Waals surface area contributed by atoms with Crippen molar-refractivity contribution in [3.63, 3.8) is 0 Å². The fourth-order valence-corrected chi connectivity index (χ4v) is 8.44. The first-order chi connectivity index (χ1) is 29.1. The number of pyridine rings is 1. The first-order valence-electron chi connectivity index (χ1n) is 20.3. The number of imide groups is 1. The van der Waals surface area contributed by atoms with E-state index < -0.39 is 65.3 Å². The lowest BCUT2D eigenvalue weighted by Gasteiger charge is -2.38. The molecule has 8 rings (SSSR count). The van der Waals surface area contributed by atoms with Crippen LogP contribution < -0.4 is 25.6 Å². The summed E-state index contributed by atoms with van der Waals surface area (Å²) in [4.78, 5) is 63.5. The molecule has 14 nitrogen and oxygen atoms in total. The molecular weight excluding hydrogens is 799 g/mol. The minimum absolute atomic E-state index is 0.0165. The number of hydrogen-bond acceptors (Lipinski definition) is 10. The molecule has 2 aromatic heterocycles. The minimum atomic E-state index is -3.33. The van der Waals surface area contributed by atoms with Gasteiger partial charge in [0.15, 0.2) is 0 Å². The molecule has 320 valence electrons. The van der Waals surface area contributed by atoms with E-state index in [1.807, 2.05) is 4.90 Å². The van der Waals surface area contributed by atoms with E-state index in [1.54, 1.807) is 49.1 Å². The Morgan fingerprint density at radius 1 is 1.03 bits per heavy atom. The Bertz CT molecular complexity index is 2430. The number of aromatic nitrogens is 3. The van der Waals surface area contributed by atoms with Gasteiger partial charge in [-0.3, -0.25) is 34.4 Å². The number of piperidine rings is 2. The van der Waals surface area contributed by atoms with E-state index in [-0.39, 0.29) is 61.8 Å². The third-order valence-corrected chi connectivity index (χ3v) is 11.6. The van der Waals surface area contributed by atoms with E-state index in [1.165, 1.54) is 11.0 Å². The molecule has 2 aromatic carbocycles. The van der Waals surface area contributed by atoms with Gasteiger partial charge < -0.3 is 20.3 Å². The van der Waals surface area contributed by atoms with Crippen LogP contribution in [0.25, 0.3) is 11.3 Å². The summed E-state index contributed by atoms with van der Waals surface area (Å²) in [5.74, 6) is -7.92. The van der Waals surface area contributed by atoms with Crippen molar-refractivity contribution in [3.05, 3.63) is 88.2 Å². The average Bonchev–Trinajstić information content (AvgIpc) is 3.74. The minimum Gasteiger partial charge on any atom is -0.477 e. The molecule has 0 unspecified atom stereocenters. The van der Waals surface area contributed by atoms with Crippen molar-refractivity contribution in [2.75, 3.05) is 43.0 Å². The van der Waals surface area contributed by atoms with Gasteiger partial charge >= 0.3 is 0 Å². The molecule has 3 N–H and O–H groups in total. The van der Waals surface area contributed by atoms with E-state index >= 15 is 17.6 Å². The highest BCUT2D eigenvalue weighted by Crippen LogP contribution is 2.37. The Hall–Kier alpha value is -6.17. The van der Waals surface area contributed by atoms with Gasteiger partial charge in [0.1, 0.15) is 11.6 Å². The Kier molecular flexibility index (Phi) is 11.4.